The fourth-order valence-corrected chi connectivity index (χ4v) is 4.92. The molecule has 1 amide bonds. The van der Waals surface area contributed by atoms with Crippen molar-refractivity contribution < 1.29 is 23.4 Å². The van der Waals surface area contributed by atoms with E-state index in [-0.39, 0.29) is 22.7 Å². The van der Waals surface area contributed by atoms with Gasteiger partial charge in [-0.25, -0.2) is 0 Å². The van der Waals surface area contributed by atoms with Gasteiger partial charge in [0.05, 0.1) is 44.4 Å². The summed E-state index contributed by atoms with van der Waals surface area (Å²) in [6.07, 6.45) is 0. The zero-order chi connectivity index (χ0) is 23.8. The minimum atomic E-state index is -0.687. The average molecular weight is 485 g/mol. The highest BCUT2D eigenvalue weighted by Crippen LogP contribution is 2.44. The average Bonchev–Trinajstić information content (AvgIpc) is 3.14. The van der Waals surface area contributed by atoms with Gasteiger partial charge in [0.15, 0.2) is 16.9 Å². The summed E-state index contributed by atoms with van der Waals surface area (Å²) in [5, 5.41) is 0.754. The van der Waals surface area contributed by atoms with Crippen molar-refractivity contribution in [2.24, 2.45) is 0 Å². The Morgan fingerprint density at radius 2 is 1.85 bits per heavy atom. The van der Waals surface area contributed by atoms with Crippen molar-refractivity contribution in [2.75, 3.05) is 53.6 Å². The first-order valence-electron chi connectivity index (χ1n) is 11.1. The molecular formula is C25H25ClN2O6. The molecule has 1 saturated heterocycles. The first kappa shape index (κ1) is 22.7. The van der Waals surface area contributed by atoms with E-state index in [4.69, 9.17) is 30.2 Å². The highest BCUT2D eigenvalue weighted by Gasteiger charge is 2.44. The molecule has 0 unspecified atom stereocenters. The predicted octanol–water partition coefficient (Wildman–Crippen LogP) is 3.34. The zero-order valence-corrected chi connectivity index (χ0v) is 19.8. The normalized spacial score (nSPS) is 18.4. The summed E-state index contributed by atoms with van der Waals surface area (Å²) in [4.78, 5) is 31.3. The van der Waals surface area contributed by atoms with Gasteiger partial charge in [0, 0.05) is 36.8 Å². The Bertz CT molecular complexity index is 1300. The van der Waals surface area contributed by atoms with E-state index in [1.807, 2.05) is 12.1 Å². The summed E-state index contributed by atoms with van der Waals surface area (Å²) in [6, 6.07) is 9.58. The van der Waals surface area contributed by atoms with Crippen molar-refractivity contribution in [1.82, 2.24) is 9.80 Å². The van der Waals surface area contributed by atoms with E-state index in [1.165, 1.54) is 0 Å². The maximum atomic E-state index is 13.7. The van der Waals surface area contributed by atoms with E-state index in [1.54, 1.807) is 43.4 Å². The molecule has 0 spiro atoms. The summed E-state index contributed by atoms with van der Waals surface area (Å²) in [6.45, 7) is 3.96. The van der Waals surface area contributed by atoms with Crippen molar-refractivity contribution in [2.45, 2.75) is 6.04 Å². The summed E-state index contributed by atoms with van der Waals surface area (Å²) >= 11 is 6.17. The molecule has 2 aliphatic heterocycles. The fourth-order valence-electron chi connectivity index (χ4n) is 4.75. The van der Waals surface area contributed by atoms with Gasteiger partial charge in [-0.2, -0.15) is 0 Å². The standard InChI is InChI=1S/C25H25ClN2O6/c1-31-19-5-3-4-16(23(19)32-2)21-20-22(29)17-14-15(26)6-7-18(17)34-24(20)25(30)28(21)9-8-27-10-12-33-13-11-27/h3-7,14,21H,8-13H2,1-2H3/t21-/m0/s1. The Kier molecular flexibility index (Phi) is 6.20. The number of carbonyl (C=O) groups excluding carboxylic acids is 1. The van der Waals surface area contributed by atoms with Crippen molar-refractivity contribution in [3.63, 3.8) is 0 Å². The maximum absolute atomic E-state index is 13.7. The second-order valence-corrected chi connectivity index (χ2v) is 8.69. The van der Waals surface area contributed by atoms with Gasteiger partial charge in [-0.3, -0.25) is 14.5 Å². The van der Waals surface area contributed by atoms with Crippen LogP contribution in [0.5, 0.6) is 11.5 Å². The number of carbonyl (C=O) groups is 1. The monoisotopic (exact) mass is 484 g/mol. The molecule has 0 N–H and O–H groups in total. The minimum absolute atomic E-state index is 0.0525. The van der Waals surface area contributed by atoms with Crippen molar-refractivity contribution in [3.8, 4) is 11.5 Å². The smallest absolute Gasteiger partial charge is 0.290 e. The molecule has 8 nitrogen and oxygen atoms in total. The van der Waals surface area contributed by atoms with Crippen LogP contribution in [0.15, 0.2) is 45.6 Å². The van der Waals surface area contributed by atoms with Gasteiger partial charge < -0.3 is 23.5 Å². The summed E-state index contributed by atoms with van der Waals surface area (Å²) in [5.74, 6) is 0.712. The third-order valence-corrected chi connectivity index (χ3v) is 6.65. The highest BCUT2D eigenvalue weighted by atomic mass is 35.5. The lowest BCUT2D eigenvalue weighted by Gasteiger charge is -2.31. The van der Waals surface area contributed by atoms with Gasteiger partial charge in [-0.15, -0.1) is 0 Å². The maximum Gasteiger partial charge on any atom is 0.290 e. The van der Waals surface area contributed by atoms with E-state index >= 15 is 0 Å². The summed E-state index contributed by atoms with van der Waals surface area (Å²) < 4.78 is 22.6. The van der Waals surface area contributed by atoms with Crippen molar-refractivity contribution in [3.05, 3.63) is 68.5 Å². The number of hydrogen-bond donors (Lipinski definition) is 0. The minimum Gasteiger partial charge on any atom is -0.493 e. The van der Waals surface area contributed by atoms with E-state index in [0.29, 0.717) is 59.4 Å². The molecule has 0 radical (unpaired) electrons. The van der Waals surface area contributed by atoms with Crippen LogP contribution in [0.4, 0.5) is 0 Å². The van der Waals surface area contributed by atoms with Gasteiger partial charge in [-0.05, 0) is 24.3 Å². The fraction of sp³-hybridized carbons (Fsp3) is 0.360. The molecule has 0 bridgehead atoms. The molecule has 1 aromatic heterocycles. The van der Waals surface area contributed by atoms with Crippen molar-refractivity contribution in [1.29, 1.82) is 0 Å². The number of amides is 1. The second kappa shape index (κ2) is 9.29. The first-order valence-corrected chi connectivity index (χ1v) is 11.5. The Morgan fingerprint density at radius 1 is 1.06 bits per heavy atom. The van der Waals surface area contributed by atoms with Gasteiger partial charge in [0.2, 0.25) is 5.76 Å². The number of halogens is 1. The van der Waals surface area contributed by atoms with Crippen LogP contribution in [0.1, 0.15) is 27.7 Å². The number of morpholine rings is 1. The first-order chi connectivity index (χ1) is 16.5. The van der Waals surface area contributed by atoms with Gasteiger partial charge in [0.1, 0.15) is 5.58 Å². The van der Waals surface area contributed by atoms with E-state index in [0.717, 1.165) is 13.1 Å². The highest BCUT2D eigenvalue weighted by molar-refractivity contribution is 6.31. The number of methoxy groups -OCH3 is 2. The Hall–Kier alpha value is -3.07. The van der Waals surface area contributed by atoms with Crippen LogP contribution in [0, 0.1) is 0 Å². The molecule has 1 atom stereocenters. The van der Waals surface area contributed by atoms with Gasteiger partial charge >= 0.3 is 0 Å². The molecule has 0 saturated carbocycles. The molecule has 3 aromatic rings. The van der Waals surface area contributed by atoms with Crippen LogP contribution in [-0.4, -0.2) is 69.3 Å². The van der Waals surface area contributed by atoms with Crippen molar-refractivity contribution >= 4 is 28.5 Å². The number of nitrogens with zero attached hydrogens (tertiary/aromatic N) is 2. The number of fused-ring (bicyclic) bond motifs is 2. The molecule has 2 aromatic carbocycles. The quantitative estimate of drug-likeness (QED) is 0.530. The lowest BCUT2D eigenvalue weighted by Crippen LogP contribution is -2.42. The van der Waals surface area contributed by atoms with Crippen LogP contribution in [0.25, 0.3) is 11.0 Å². The molecule has 3 heterocycles. The van der Waals surface area contributed by atoms with Crippen LogP contribution >= 0.6 is 11.6 Å². The Morgan fingerprint density at radius 3 is 2.59 bits per heavy atom. The zero-order valence-electron chi connectivity index (χ0n) is 19.0. The Labute approximate surface area is 201 Å². The number of para-hydroxylation sites is 1. The van der Waals surface area contributed by atoms with Crippen LogP contribution in [-0.2, 0) is 4.74 Å². The Balaban J connectivity index is 1.67. The molecule has 34 heavy (non-hydrogen) atoms. The van der Waals surface area contributed by atoms with Crippen LogP contribution < -0.4 is 14.9 Å². The molecule has 2 aliphatic rings. The van der Waals surface area contributed by atoms with Crippen LogP contribution in [0.3, 0.4) is 0 Å². The summed E-state index contributed by atoms with van der Waals surface area (Å²) in [5.41, 5.74) is 0.988. The molecule has 0 aliphatic carbocycles. The number of rotatable bonds is 6. The molecule has 9 heteroatoms. The molecule has 1 fully saturated rings. The van der Waals surface area contributed by atoms with E-state index in [9.17, 15) is 9.59 Å². The topological polar surface area (TPSA) is 81.5 Å². The van der Waals surface area contributed by atoms with E-state index in [2.05, 4.69) is 4.90 Å². The van der Waals surface area contributed by atoms with Gasteiger partial charge in [-0.1, -0.05) is 23.7 Å². The van der Waals surface area contributed by atoms with Gasteiger partial charge in [0.25, 0.3) is 5.91 Å². The molecule has 178 valence electrons. The third kappa shape index (κ3) is 3.81. The largest absolute Gasteiger partial charge is 0.493 e. The number of benzene rings is 2. The number of hydrogen-bond acceptors (Lipinski definition) is 7. The van der Waals surface area contributed by atoms with E-state index < -0.39 is 6.04 Å². The molecular weight excluding hydrogens is 460 g/mol. The third-order valence-electron chi connectivity index (χ3n) is 6.42. The predicted molar refractivity (Wildman–Crippen MR) is 127 cm³/mol. The lowest BCUT2D eigenvalue weighted by atomic mass is 9.97. The second-order valence-electron chi connectivity index (χ2n) is 8.25. The SMILES string of the molecule is COc1cccc([C@H]2c3c(oc4ccc(Cl)cc4c3=O)C(=O)N2CCN2CCOCC2)c1OC. The molecule has 5 rings (SSSR count). The van der Waals surface area contributed by atoms with Crippen LogP contribution in [0.2, 0.25) is 5.02 Å². The number of ether oxygens (including phenoxy) is 3. The lowest BCUT2D eigenvalue weighted by molar-refractivity contribution is 0.0314. The summed E-state index contributed by atoms with van der Waals surface area (Å²) in [7, 11) is 3.09.